The van der Waals surface area contributed by atoms with Crippen molar-refractivity contribution in [1.29, 1.82) is 0 Å². The number of hydrogen-bond acceptors (Lipinski definition) is 5. The molecule has 0 fully saturated rings. The van der Waals surface area contributed by atoms with E-state index in [4.69, 9.17) is 16.1 Å². The zero-order chi connectivity index (χ0) is 17.3. The molecule has 2 aromatic carbocycles. The smallest absolute Gasteiger partial charge is 0.294 e. The highest BCUT2D eigenvalue weighted by molar-refractivity contribution is 6.31. The Morgan fingerprint density at radius 3 is 2.88 bits per heavy atom. The van der Waals surface area contributed by atoms with E-state index in [2.05, 4.69) is 10.5 Å². The Morgan fingerprint density at radius 2 is 2.12 bits per heavy atom. The number of hydrogen-bond donors (Lipinski definition) is 1. The van der Waals surface area contributed by atoms with Crippen molar-refractivity contribution in [3.05, 3.63) is 62.8 Å². The van der Waals surface area contributed by atoms with Gasteiger partial charge in [0.15, 0.2) is 5.58 Å². The normalized spacial score (nSPS) is 10.8. The lowest BCUT2D eigenvalue weighted by Crippen LogP contribution is -2.15. The number of benzene rings is 2. The highest BCUT2D eigenvalue weighted by Gasteiger charge is 2.18. The van der Waals surface area contributed by atoms with Crippen LogP contribution in [0.3, 0.4) is 0 Å². The molecule has 0 saturated carbocycles. The topological polar surface area (TPSA) is 98.3 Å². The van der Waals surface area contributed by atoms with Crippen LogP contribution in [0.2, 0.25) is 5.02 Å². The number of nitrogens with zero attached hydrogens (tertiary/aromatic N) is 2. The minimum Gasteiger partial charge on any atom is -0.356 e. The molecule has 0 atom stereocenters. The SMILES string of the molecule is Cc1ccc2onc(CC(=O)Nc3ccc(Cl)cc3[N+](=O)[O-])c2c1. The zero-order valence-corrected chi connectivity index (χ0v) is 13.3. The van der Waals surface area contributed by atoms with E-state index < -0.39 is 10.8 Å². The van der Waals surface area contributed by atoms with Gasteiger partial charge in [-0.25, -0.2) is 0 Å². The second-order valence-corrected chi connectivity index (χ2v) is 5.71. The van der Waals surface area contributed by atoms with E-state index in [1.54, 1.807) is 6.07 Å². The van der Waals surface area contributed by atoms with Crippen LogP contribution in [0.15, 0.2) is 40.9 Å². The largest absolute Gasteiger partial charge is 0.356 e. The van der Waals surface area contributed by atoms with Gasteiger partial charge in [0.05, 0.1) is 11.3 Å². The van der Waals surface area contributed by atoms with Gasteiger partial charge in [-0.15, -0.1) is 0 Å². The Bertz CT molecular complexity index is 952. The van der Waals surface area contributed by atoms with Gasteiger partial charge in [-0.05, 0) is 31.2 Å². The Kier molecular flexibility index (Phi) is 4.18. The molecule has 0 bridgehead atoms. The Morgan fingerprint density at radius 1 is 1.33 bits per heavy atom. The molecule has 1 aromatic heterocycles. The quantitative estimate of drug-likeness (QED) is 0.571. The maximum absolute atomic E-state index is 12.2. The molecule has 0 spiro atoms. The molecule has 0 saturated heterocycles. The molecule has 8 heteroatoms. The minimum atomic E-state index is -0.601. The highest BCUT2D eigenvalue weighted by atomic mass is 35.5. The second-order valence-electron chi connectivity index (χ2n) is 5.27. The Balaban J connectivity index is 1.83. The van der Waals surface area contributed by atoms with Gasteiger partial charge in [-0.3, -0.25) is 14.9 Å². The molecule has 0 aliphatic heterocycles. The first-order valence-corrected chi connectivity index (χ1v) is 7.40. The van der Waals surface area contributed by atoms with Crippen molar-refractivity contribution < 1.29 is 14.2 Å². The number of nitro benzene ring substituents is 1. The number of aromatic nitrogens is 1. The number of carbonyl (C=O) groups is 1. The van der Waals surface area contributed by atoms with E-state index in [0.717, 1.165) is 10.9 Å². The molecule has 3 aromatic rings. The third kappa shape index (κ3) is 3.21. The summed E-state index contributed by atoms with van der Waals surface area (Å²) in [4.78, 5) is 22.7. The molecule has 1 N–H and O–H groups in total. The van der Waals surface area contributed by atoms with E-state index in [1.807, 2.05) is 19.1 Å². The first kappa shape index (κ1) is 15.9. The number of anilines is 1. The van der Waals surface area contributed by atoms with Crippen molar-refractivity contribution >= 4 is 39.9 Å². The third-order valence-corrected chi connectivity index (χ3v) is 3.69. The molecular formula is C16H12ClN3O4. The van der Waals surface area contributed by atoms with E-state index in [0.29, 0.717) is 11.3 Å². The van der Waals surface area contributed by atoms with Crippen LogP contribution in [0.4, 0.5) is 11.4 Å². The first-order chi connectivity index (χ1) is 11.4. The van der Waals surface area contributed by atoms with Gasteiger partial charge in [0.25, 0.3) is 5.69 Å². The lowest BCUT2D eigenvalue weighted by Gasteiger charge is -2.05. The van der Waals surface area contributed by atoms with Crippen LogP contribution in [0.1, 0.15) is 11.3 Å². The van der Waals surface area contributed by atoms with Crippen LogP contribution < -0.4 is 5.32 Å². The number of halogens is 1. The van der Waals surface area contributed by atoms with E-state index >= 15 is 0 Å². The number of fused-ring (bicyclic) bond motifs is 1. The standard InChI is InChI=1S/C16H12ClN3O4/c1-9-2-5-15-11(6-9)13(19-24-15)8-16(21)18-12-4-3-10(17)7-14(12)20(22)23/h2-7H,8H2,1H3,(H,18,21). The summed E-state index contributed by atoms with van der Waals surface area (Å²) >= 11 is 5.75. The fraction of sp³-hybridized carbons (Fsp3) is 0.125. The van der Waals surface area contributed by atoms with Crippen LogP contribution in [0, 0.1) is 17.0 Å². The van der Waals surface area contributed by atoms with Gasteiger partial charge in [0.1, 0.15) is 11.4 Å². The summed E-state index contributed by atoms with van der Waals surface area (Å²) < 4.78 is 5.18. The lowest BCUT2D eigenvalue weighted by molar-refractivity contribution is -0.383. The van der Waals surface area contributed by atoms with E-state index in [9.17, 15) is 14.9 Å². The summed E-state index contributed by atoms with van der Waals surface area (Å²) in [7, 11) is 0. The number of carbonyl (C=O) groups excluding carboxylic acids is 1. The van der Waals surface area contributed by atoms with Crippen LogP contribution >= 0.6 is 11.6 Å². The van der Waals surface area contributed by atoms with Crippen molar-refractivity contribution in [2.24, 2.45) is 0 Å². The fourth-order valence-electron chi connectivity index (χ4n) is 2.34. The summed E-state index contributed by atoms with van der Waals surface area (Å²) in [6.07, 6.45) is -0.0593. The van der Waals surface area contributed by atoms with Crippen molar-refractivity contribution in [3.63, 3.8) is 0 Å². The van der Waals surface area contributed by atoms with Crippen LogP contribution in [-0.4, -0.2) is 16.0 Å². The summed E-state index contributed by atoms with van der Waals surface area (Å²) in [5, 5.41) is 18.4. The van der Waals surface area contributed by atoms with Crippen molar-refractivity contribution in [3.8, 4) is 0 Å². The lowest BCUT2D eigenvalue weighted by atomic mass is 10.1. The van der Waals surface area contributed by atoms with E-state index in [-0.39, 0.29) is 22.8 Å². The van der Waals surface area contributed by atoms with Gasteiger partial charge in [-0.1, -0.05) is 28.4 Å². The van der Waals surface area contributed by atoms with E-state index in [1.165, 1.54) is 18.2 Å². The number of aryl methyl sites for hydroxylation is 1. The van der Waals surface area contributed by atoms with Crippen LogP contribution in [0.5, 0.6) is 0 Å². The van der Waals surface area contributed by atoms with Gasteiger partial charge >= 0.3 is 0 Å². The van der Waals surface area contributed by atoms with Gasteiger partial charge in [0.2, 0.25) is 5.91 Å². The Hall–Kier alpha value is -2.93. The summed E-state index contributed by atoms with van der Waals surface area (Å²) in [5.41, 5.74) is 1.89. The minimum absolute atomic E-state index is 0.0593. The van der Waals surface area contributed by atoms with Crippen molar-refractivity contribution in [1.82, 2.24) is 5.16 Å². The number of nitro groups is 1. The predicted octanol–water partition coefficient (Wildman–Crippen LogP) is 3.88. The molecule has 0 aliphatic rings. The molecule has 0 aliphatic carbocycles. The third-order valence-electron chi connectivity index (χ3n) is 3.46. The molecule has 1 amide bonds. The molecule has 122 valence electrons. The number of amides is 1. The first-order valence-electron chi connectivity index (χ1n) is 7.03. The molecule has 24 heavy (non-hydrogen) atoms. The number of nitrogens with one attached hydrogen (secondary N) is 1. The average molecular weight is 346 g/mol. The molecule has 0 radical (unpaired) electrons. The summed E-state index contributed by atoms with van der Waals surface area (Å²) in [6, 6.07) is 9.59. The van der Waals surface area contributed by atoms with Crippen molar-refractivity contribution in [2.75, 3.05) is 5.32 Å². The van der Waals surface area contributed by atoms with Crippen LogP contribution in [0.25, 0.3) is 11.0 Å². The van der Waals surface area contributed by atoms with Gasteiger partial charge in [0, 0.05) is 16.5 Å². The molecule has 1 heterocycles. The molecular weight excluding hydrogens is 334 g/mol. The average Bonchev–Trinajstić information content (AvgIpc) is 2.91. The Labute approximate surface area is 141 Å². The van der Waals surface area contributed by atoms with Crippen molar-refractivity contribution in [2.45, 2.75) is 13.3 Å². The maximum Gasteiger partial charge on any atom is 0.294 e. The van der Waals surface area contributed by atoms with Gasteiger partial charge in [-0.2, -0.15) is 0 Å². The molecule has 7 nitrogen and oxygen atoms in total. The summed E-state index contributed by atoms with van der Waals surface area (Å²) in [6.45, 7) is 1.92. The summed E-state index contributed by atoms with van der Waals surface area (Å²) in [5.74, 6) is -0.433. The fourth-order valence-corrected chi connectivity index (χ4v) is 2.50. The van der Waals surface area contributed by atoms with Gasteiger partial charge < -0.3 is 9.84 Å². The van der Waals surface area contributed by atoms with Crippen LogP contribution in [-0.2, 0) is 11.2 Å². The second kappa shape index (κ2) is 6.29. The maximum atomic E-state index is 12.2. The zero-order valence-electron chi connectivity index (χ0n) is 12.6. The predicted molar refractivity (Wildman–Crippen MR) is 89.2 cm³/mol. The highest BCUT2D eigenvalue weighted by Crippen LogP contribution is 2.28. The molecule has 0 unspecified atom stereocenters. The molecule has 3 rings (SSSR count). The number of rotatable bonds is 4. The monoisotopic (exact) mass is 345 g/mol.